The molecule has 0 rings (SSSR count). The zero-order chi connectivity index (χ0) is 15.4. The van der Waals surface area contributed by atoms with Gasteiger partial charge in [-0.2, -0.15) is 5.26 Å². The largest absolute Gasteiger partial charge is 0.378 e. The number of hydrogen-bond acceptors (Lipinski definition) is 4. The van der Waals surface area contributed by atoms with E-state index in [1.165, 1.54) is 0 Å². The molecule has 20 heavy (non-hydrogen) atoms. The van der Waals surface area contributed by atoms with Crippen LogP contribution in [0.2, 0.25) is 0 Å². The van der Waals surface area contributed by atoms with E-state index < -0.39 is 5.41 Å². The molecule has 0 aliphatic rings. The molecule has 0 spiro atoms. The Bertz CT molecular complexity index is 305. The topological polar surface area (TPSA) is 65.4 Å². The van der Waals surface area contributed by atoms with Crippen molar-refractivity contribution >= 4 is 5.91 Å². The highest BCUT2D eigenvalue weighted by Crippen LogP contribution is 2.29. The molecule has 0 aliphatic heterocycles. The van der Waals surface area contributed by atoms with Gasteiger partial charge in [0.15, 0.2) is 0 Å². The number of nitrogens with one attached hydrogen (secondary N) is 1. The third kappa shape index (κ3) is 6.88. The molecule has 0 saturated heterocycles. The van der Waals surface area contributed by atoms with E-state index in [1.54, 1.807) is 0 Å². The number of hydrogen-bond donors (Lipinski definition) is 1. The first-order valence-electron chi connectivity index (χ1n) is 7.44. The maximum absolute atomic E-state index is 12.2. The third-order valence-corrected chi connectivity index (χ3v) is 3.22. The maximum Gasteiger partial charge on any atom is 0.240 e. The van der Waals surface area contributed by atoms with Gasteiger partial charge >= 0.3 is 0 Å². The van der Waals surface area contributed by atoms with E-state index in [9.17, 15) is 10.1 Å². The lowest BCUT2D eigenvalue weighted by molar-refractivity contribution is -0.129. The van der Waals surface area contributed by atoms with Crippen LogP contribution in [0.15, 0.2) is 0 Å². The number of amides is 1. The van der Waals surface area contributed by atoms with Crippen molar-refractivity contribution in [1.82, 2.24) is 10.2 Å². The summed E-state index contributed by atoms with van der Waals surface area (Å²) in [5.41, 5.74) is -0.868. The Hall–Kier alpha value is -1.12. The van der Waals surface area contributed by atoms with Gasteiger partial charge in [-0.05, 0) is 26.9 Å². The summed E-state index contributed by atoms with van der Waals surface area (Å²) in [6.07, 6.45) is 2.90. The lowest BCUT2D eigenvalue weighted by Crippen LogP contribution is -2.41. The first-order valence-corrected chi connectivity index (χ1v) is 7.44. The van der Waals surface area contributed by atoms with Crippen molar-refractivity contribution in [1.29, 1.82) is 5.26 Å². The number of ether oxygens (including phenoxy) is 1. The Kier molecular flexibility index (Phi) is 10.0. The first kappa shape index (κ1) is 18.9. The molecule has 0 fully saturated rings. The van der Waals surface area contributed by atoms with Crippen molar-refractivity contribution in [3.05, 3.63) is 0 Å². The monoisotopic (exact) mass is 283 g/mol. The van der Waals surface area contributed by atoms with Gasteiger partial charge < -0.3 is 15.0 Å². The van der Waals surface area contributed by atoms with Crippen LogP contribution in [0, 0.1) is 16.7 Å². The van der Waals surface area contributed by atoms with Crippen molar-refractivity contribution in [2.45, 2.75) is 39.5 Å². The van der Waals surface area contributed by atoms with Gasteiger partial charge in [-0.15, -0.1) is 0 Å². The van der Waals surface area contributed by atoms with Crippen molar-refractivity contribution in [2.75, 3.05) is 40.4 Å². The molecule has 0 aromatic heterocycles. The van der Waals surface area contributed by atoms with Gasteiger partial charge in [-0.1, -0.05) is 26.7 Å². The molecule has 0 saturated carbocycles. The zero-order valence-electron chi connectivity index (χ0n) is 13.4. The van der Waals surface area contributed by atoms with E-state index in [1.807, 2.05) is 32.8 Å². The molecule has 0 aromatic rings. The van der Waals surface area contributed by atoms with Crippen LogP contribution in [0.3, 0.4) is 0 Å². The number of carbonyl (C=O) groups excluding carboxylic acids is 1. The van der Waals surface area contributed by atoms with Crippen LogP contribution in [0.5, 0.6) is 0 Å². The smallest absolute Gasteiger partial charge is 0.240 e. The Morgan fingerprint density at radius 3 is 2.30 bits per heavy atom. The summed E-state index contributed by atoms with van der Waals surface area (Å²) in [5.74, 6) is -0.153. The summed E-state index contributed by atoms with van der Waals surface area (Å²) in [6.45, 7) is 6.46. The Labute approximate surface area is 123 Å². The lowest BCUT2D eigenvalue weighted by Gasteiger charge is -2.24. The summed E-state index contributed by atoms with van der Waals surface area (Å²) >= 11 is 0. The molecule has 5 heteroatoms. The van der Waals surface area contributed by atoms with Gasteiger partial charge in [0, 0.05) is 13.1 Å². The number of likely N-dealkylation sites (N-methyl/N-ethyl adjacent to an activating group) is 1. The SMILES string of the molecule is CCCC(C#N)(CCC)C(=O)NCCOCCN(C)C. The molecular formula is C15H29N3O2. The quantitative estimate of drug-likeness (QED) is 0.587. The molecule has 5 nitrogen and oxygen atoms in total. The van der Waals surface area contributed by atoms with Crippen LogP contribution in [0.4, 0.5) is 0 Å². The summed E-state index contributed by atoms with van der Waals surface area (Å²) in [4.78, 5) is 14.3. The molecule has 1 amide bonds. The fourth-order valence-electron chi connectivity index (χ4n) is 2.12. The molecule has 1 N–H and O–H groups in total. The molecule has 0 aromatic carbocycles. The van der Waals surface area contributed by atoms with Gasteiger partial charge in [0.25, 0.3) is 0 Å². The van der Waals surface area contributed by atoms with Gasteiger partial charge in [0.1, 0.15) is 5.41 Å². The van der Waals surface area contributed by atoms with E-state index in [0.29, 0.717) is 32.6 Å². The van der Waals surface area contributed by atoms with E-state index in [2.05, 4.69) is 11.4 Å². The molecule has 0 atom stereocenters. The highest BCUT2D eigenvalue weighted by atomic mass is 16.5. The molecule has 0 aliphatic carbocycles. The van der Waals surface area contributed by atoms with Crippen LogP contribution < -0.4 is 5.32 Å². The van der Waals surface area contributed by atoms with E-state index in [-0.39, 0.29) is 5.91 Å². The Morgan fingerprint density at radius 1 is 1.25 bits per heavy atom. The summed E-state index contributed by atoms with van der Waals surface area (Å²) < 4.78 is 5.42. The van der Waals surface area contributed by atoms with E-state index in [0.717, 1.165) is 19.4 Å². The van der Waals surface area contributed by atoms with Crippen molar-refractivity contribution in [3.8, 4) is 6.07 Å². The van der Waals surface area contributed by atoms with E-state index in [4.69, 9.17) is 4.74 Å². The molecule has 0 heterocycles. The predicted octanol–water partition coefficient (Wildman–Crippen LogP) is 1.79. The second-order valence-corrected chi connectivity index (χ2v) is 5.37. The second kappa shape index (κ2) is 10.6. The number of nitrogens with zero attached hydrogens (tertiary/aromatic N) is 2. The minimum atomic E-state index is -0.868. The average molecular weight is 283 g/mol. The van der Waals surface area contributed by atoms with Crippen LogP contribution >= 0.6 is 0 Å². The molecule has 0 radical (unpaired) electrons. The van der Waals surface area contributed by atoms with Gasteiger partial charge in [-0.3, -0.25) is 4.79 Å². The normalized spacial score (nSPS) is 11.4. The fourth-order valence-corrected chi connectivity index (χ4v) is 2.12. The van der Waals surface area contributed by atoms with Crippen molar-refractivity contribution in [3.63, 3.8) is 0 Å². The lowest BCUT2D eigenvalue weighted by atomic mass is 9.80. The van der Waals surface area contributed by atoms with Crippen molar-refractivity contribution < 1.29 is 9.53 Å². The Morgan fingerprint density at radius 2 is 1.85 bits per heavy atom. The number of rotatable bonds is 11. The number of nitriles is 1. The van der Waals surface area contributed by atoms with E-state index >= 15 is 0 Å². The molecular weight excluding hydrogens is 254 g/mol. The summed E-state index contributed by atoms with van der Waals surface area (Å²) in [6, 6.07) is 2.22. The van der Waals surface area contributed by atoms with Gasteiger partial charge in [-0.25, -0.2) is 0 Å². The van der Waals surface area contributed by atoms with Gasteiger partial charge in [0.05, 0.1) is 19.3 Å². The minimum Gasteiger partial charge on any atom is -0.378 e. The third-order valence-electron chi connectivity index (χ3n) is 3.22. The second-order valence-electron chi connectivity index (χ2n) is 5.37. The van der Waals surface area contributed by atoms with Crippen molar-refractivity contribution in [2.24, 2.45) is 5.41 Å². The van der Waals surface area contributed by atoms with Crippen LogP contribution in [-0.2, 0) is 9.53 Å². The Balaban J connectivity index is 4.11. The molecule has 116 valence electrons. The summed E-state index contributed by atoms with van der Waals surface area (Å²) in [5, 5.41) is 12.2. The average Bonchev–Trinajstić information content (AvgIpc) is 2.41. The highest BCUT2D eigenvalue weighted by molar-refractivity contribution is 5.85. The van der Waals surface area contributed by atoms with Gasteiger partial charge in [0.2, 0.25) is 5.91 Å². The standard InChI is InChI=1S/C15H29N3O2/c1-5-7-15(13-16,8-6-2)14(19)17-9-11-20-12-10-18(3)4/h5-12H2,1-4H3,(H,17,19). The van der Waals surface area contributed by atoms with Crippen LogP contribution in [-0.4, -0.2) is 51.2 Å². The summed E-state index contributed by atoms with van der Waals surface area (Å²) in [7, 11) is 3.98. The number of carbonyl (C=O) groups is 1. The van der Waals surface area contributed by atoms with Crippen LogP contribution in [0.1, 0.15) is 39.5 Å². The molecule has 0 unspecified atom stereocenters. The van der Waals surface area contributed by atoms with Crippen LogP contribution in [0.25, 0.3) is 0 Å². The maximum atomic E-state index is 12.2. The predicted molar refractivity (Wildman–Crippen MR) is 80.2 cm³/mol. The highest BCUT2D eigenvalue weighted by Gasteiger charge is 2.36. The fraction of sp³-hybridized carbons (Fsp3) is 0.867. The zero-order valence-corrected chi connectivity index (χ0v) is 13.4. The molecule has 0 bridgehead atoms. The minimum absolute atomic E-state index is 0.153. The first-order chi connectivity index (χ1) is 9.52.